The number of likely N-dealkylation sites (N-methyl/N-ethyl adjacent to an activating group) is 1. The first-order chi connectivity index (χ1) is 19.8. The number of nitrogens with zero attached hydrogens (tertiary/aromatic N) is 4. The zero-order valence-electron chi connectivity index (χ0n) is 24.0. The van der Waals surface area contributed by atoms with Crippen molar-refractivity contribution in [2.45, 2.75) is 44.9 Å². The predicted octanol–water partition coefficient (Wildman–Crippen LogP) is 4.30. The number of amides is 4. The molecule has 3 aromatic rings. The molecule has 0 bridgehead atoms. The fourth-order valence-corrected chi connectivity index (χ4v) is 6.10. The van der Waals surface area contributed by atoms with Crippen LogP contribution in [0.3, 0.4) is 0 Å². The smallest absolute Gasteiger partial charge is 0.334 e. The van der Waals surface area contributed by atoms with Gasteiger partial charge < -0.3 is 15.1 Å². The van der Waals surface area contributed by atoms with Crippen molar-refractivity contribution in [3.05, 3.63) is 108 Å². The molecular weight excluding hydrogens is 514 g/mol. The van der Waals surface area contributed by atoms with Gasteiger partial charge in [-0.25, -0.2) is 14.8 Å². The van der Waals surface area contributed by atoms with Crippen molar-refractivity contribution in [2.75, 3.05) is 26.7 Å². The van der Waals surface area contributed by atoms with Crippen LogP contribution < -0.4 is 5.32 Å². The van der Waals surface area contributed by atoms with Gasteiger partial charge in [0.2, 0.25) is 11.8 Å². The SMILES string of the molecule is CC(C)[C@H]1C(=O)N(CCC(c2ccccc2)c2ccccc2)C[C@H]2N1C(=O)CN(C)N2C(=O)NCc1ccccc1. The van der Waals surface area contributed by atoms with Gasteiger partial charge in [-0.15, -0.1) is 0 Å². The Balaban J connectivity index is 1.40. The largest absolute Gasteiger partial charge is 0.337 e. The molecule has 0 aliphatic carbocycles. The standard InChI is InChI=1S/C33H39N5O3/c1-24(2)31-32(40)36(20-19-28(26-15-9-5-10-16-26)27-17-11-6-12-18-27)22-29-37(31)30(39)23-35(3)38(29)33(41)34-21-25-13-7-4-8-14-25/h4-18,24,28-29,31H,19-23H2,1-3H3,(H,34,41)/t29-,31-/m0/s1. The van der Waals surface area contributed by atoms with Gasteiger partial charge in [0, 0.05) is 26.1 Å². The molecule has 1 N–H and O–H groups in total. The van der Waals surface area contributed by atoms with Crippen LogP contribution >= 0.6 is 0 Å². The van der Waals surface area contributed by atoms with E-state index in [0.29, 0.717) is 13.1 Å². The van der Waals surface area contributed by atoms with Crippen LogP contribution in [0.5, 0.6) is 0 Å². The highest BCUT2D eigenvalue weighted by atomic mass is 16.2. The number of hydrogen-bond donors (Lipinski definition) is 1. The molecule has 4 amide bonds. The lowest BCUT2D eigenvalue weighted by Crippen LogP contribution is -2.76. The number of urea groups is 1. The Kier molecular flexibility index (Phi) is 8.69. The Morgan fingerprint density at radius 2 is 1.44 bits per heavy atom. The highest BCUT2D eigenvalue weighted by molar-refractivity contribution is 5.91. The van der Waals surface area contributed by atoms with Crippen LogP contribution in [0.25, 0.3) is 0 Å². The number of fused-ring (bicyclic) bond motifs is 1. The Labute approximate surface area is 242 Å². The second-order valence-corrected chi connectivity index (χ2v) is 11.2. The summed E-state index contributed by atoms with van der Waals surface area (Å²) in [4.78, 5) is 44.3. The summed E-state index contributed by atoms with van der Waals surface area (Å²) >= 11 is 0. The first-order valence-electron chi connectivity index (χ1n) is 14.4. The van der Waals surface area contributed by atoms with Crippen LogP contribution in [0, 0.1) is 5.92 Å². The van der Waals surface area contributed by atoms with Crippen molar-refractivity contribution in [1.29, 1.82) is 0 Å². The topological polar surface area (TPSA) is 76.2 Å². The molecule has 5 rings (SSSR count). The third-order valence-electron chi connectivity index (χ3n) is 8.09. The normalized spacial score (nSPS) is 19.6. The molecule has 0 saturated carbocycles. The molecule has 8 heteroatoms. The fourth-order valence-electron chi connectivity index (χ4n) is 6.10. The first-order valence-corrected chi connectivity index (χ1v) is 14.4. The van der Waals surface area contributed by atoms with E-state index in [2.05, 4.69) is 29.6 Å². The van der Waals surface area contributed by atoms with Crippen LogP contribution in [0.1, 0.15) is 42.9 Å². The van der Waals surface area contributed by atoms with E-state index in [-0.39, 0.29) is 42.8 Å². The van der Waals surface area contributed by atoms with Crippen LogP contribution in [0.2, 0.25) is 0 Å². The molecule has 2 fully saturated rings. The van der Waals surface area contributed by atoms with Gasteiger partial charge in [-0.2, -0.15) is 0 Å². The number of hydrogen-bond acceptors (Lipinski definition) is 4. The molecule has 0 aromatic heterocycles. The summed E-state index contributed by atoms with van der Waals surface area (Å²) in [6, 6.07) is 29.5. The van der Waals surface area contributed by atoms with E-state index < -0.39 is 12.2 Å². The minimum atomic E-state index is -0.633. The molecule has 214 valence electrons. The summed E-state index contributed by atoms with van der Waals surface area (Å²) in [6.07, 6.45) is 0.135. The second kappa shape index (κ2) is 12.6. The molecule has 2 saturated heterocycles. The average molecular weight is 554 g/mol. The number of rotatable bonds is 8. The van der Waals surface area contributed by atoms with Gasteiger partial charge in [-0.05, 0) is 29.0 Å². The molecule has 2 atom stereocenters. The number of nitrogens with one attached hydrogen (secondary N) is 1. The summed E-state index contributed by atoms with van der Waals surface area (Å²) in [5.74, 6) is -0.184. The number of carbonyl (C=O) groups is 3. The molecule has 2 aliphatic heterocycles. The monoisotopic (exact) mass is 553 g/mol. The van der Waals surface area contributed by atoms with Crippen molar-refractivity contribution in [3.8, 4) is 0 Å². The lowest BCUT2D eigenvalue weighted by atomic mass is 9.88. The van der Waals surface area contributed by atoms with Gasteiger partial charge in [0.05, 0.1) is 13.1 Å². The van der Waals surface area contributed by atoms with Gasteiger partial charge in [-0.1, -0.05) is 105 Å². The van der Waals surface area contributed by atoms with E-state index in [9.17, 15) is 14.4 Å². The summed E-state index contributed by atoms with van der Waals surface area (Å²) in [7, 11) is 1.75. The van der Waals surface area contributed by atoms with Crippen molar-refractivity contribution in [1.82, 2.24) is 25.1 Å². The number of hydrazine groups is 1. The quantitative estimate of drug-likeness (QED) is 0.451. The van der Waals surface area contributed by atoms with Gasteiger partial charge in [0.15, 0.2) is 0 Å². The number of carbonyl (C=O) groups excluding carboxylic acids is 3. The maximum absolute atomic E-state index is 13.9. The van der Waals surface area contributed by atoms with E-state index in [1.807, 2.05) is 85.5 Å². The zero-order valence-corrected chi connectivity index (χ0v) is 24.0. The van der Waals surface area contributed by atoms with Crippen LogP contribution in [-0.4, -0.2) is 76.6 Å². The Morgan fingerprint density at radius 3 is 2.00 bits per heavy atom. The van der Waals surface area contributed by atoms with Crippen LogP contribution in [0.15, 0.2) is 91.0 Å². The third kappa shape index (κ3) is 6.12. The fraction of sp³-hybridized carbons (Fsp3) is 0.364. The van der Waals surface area contributed by atoms with Gasteiger partial charge in [0.25, 0.3) is 0 Å². The van der Waals surface area contributed by atoms with E-state index in [0.717, 1.165) is 12.0 Å². The minimum Gasteiger partial charge on any atom is -0.337 e. The van der Waals surface area contributed by atoms with E-state index in [1.165, 1.54) is 11.1 Å². The van der Waals surface area contributed by atoms with Crippen molar-refractivity contribution in [2.24, 2.45) is 5.92 Å². The molecule has 0 radical (unpaired) electrons. The predicted molar refractivity (Wildman–Crippen MR) is 158 cm³/mol. The Morgan fingerprint density at radius 1 is 0.878 bits per heavy atom. The third-order valence-corrected chi connectivity index (χ3v) is 8.09. The maximum Gasteiger partial charge on any atom is 0.334 e. The van der Waals surface area contributed by atoms with Crippen molar-refractivity contribution in [3.63, 3.8) is 0 Å². The van der Waals surface area contributed by atoms with Crippen molar-refractivity contribution < 1.29 is 14.4 Å². The van der Waals surface area contributed by atoms with Gasteiger partial charge >= 0.3 is 6.03 Å². The molecule has 2 aliphatic rings. The number of piperazine rings is 1. The van der Waals surface area contributed by atoms with E-state index in [1.54, 1.807) is 22.0 Å². The molecule has 2 heterocycles. The lowest BCUT2D eigenvalue weighted by Gasteiger charge is -2.55. The van der Waals surface area contributed by atoms with Gasteiger partial charge in [-0.3, -0.25) is 9.59 Å². The summed E-state index contributed by atoms with van der Waals surface area (Å²) in [5, 5.41) is 6.30. The molecule has 41 heavy (non-hydrogen) atoms. The second-order valence-electron chi connectivity index (χ2n) is 11.2. The molecular formula is C33H39N5O3. The average Bonchev–Trinajstić information content (AvgIpc) is 2.98. The zero-order chi connectivity index (χ0) is 28.9. The Bertz CT molecular complexity index is 1300. The Hall–Kier alpha value is -4.17. The summed E-state index contributed by atoms with van der Waals surface area (Å²) in [6.45, 7) is 5.11. The molecule has 3 aromatic carbocycles. The lowest BCUT2D eigenvalue weighted by molar-refractivity contribution is -0.189. The molecule has 8 nitrogen and oxygen atoms in total. The van der Waals surface area contributed by atoms with Crippen molar-refractivity contribution >= 4 is 17.8 Å². The van der Waals surface area contributed by atoms with E-state index in [4.69, 9.17) is 0 Å². The minimum absolute atomic E-state index is 0.0375. The highest BCUT2D eigenvalue weighted by Crippen LogP contribution is 2.32. The first kappa shape index (κ1) is 28.4. The molecule has 0 spiro atoms. The summed E-state index contributed by atoms with van der Waals surface area (Å²) < 4.78 is 0. The van der Waals surface area contributed by atoms with Crippen LogP contribution in [0.4, 0.5) is 4.79 Å². The van der Waals surface area contributed by atoms with Gasteiger partial charge in [0.1, 0.15) is 12.2 Å². The molecule has 0 unspecified atom stereocenters. The highest BCUT2D eigenvalue weighted by Gasteiger charge is 2.51. The number of benzene rings is 3. The van der Waals surface area contributed by atoms with E-state index >= 15 is 0 Å². The summed E-state index contributed by atoms with van der Waals surface area (Å²) in [5.41, 5.74) is 3.38. The maximum atomic E-state index is 13.9. The van der Waals surface area contributed by atoms with Crippen LogP contribution in [-0.2, 0) is 16.1 Å².